The molecule has 10 heavy (non-hydrogen) atoms. The van der Waals surface area contributed by atoms with Crippen LogP contribution in [-0.2, 0) is 11.5 Å². The van der Waals surface area contributed by atoms with Crippen molar-refractivity contribution in [3.63, 3.8) is 0 Å². The van der Waals surface area contributed by atoms with Gasteiger partial charge in [0.25, 0.3) is 0 Å². The van der Waals surface area contributed by atoms with Gasteiger partial charge in [-0.05, 0) is 12.5 Å². The minimum Gasteiger partial charge on any atom is -0.251 e. The standard InChI is InChI=1S/C8H10O2/c1-7-2-4-8(5-3-7)6-10-9/h2-5,9H,6H2,1H3. The van der Waals surface area contributed by atoms with Crippen LogP contribution in [0.2, 0.25) is 0 Å². The molecule has 1 aromatic carbocycles. The number of rotatable bonds is 2. The Bertz CT molecular complexity index is 191. The number of hydrogen-bond acceptors (Lipinski definition) is 2. The molecular formula is C8H10O2. The van der Waals surface area contributed by atoms with Crippen molar-refractivity contribution in [1.29, 1.82) is 0 Å². The predicted molar refractivity (Wildman–Crippen MR) is 38.6 cm³/mol. The number of aryl methyl sites for hydroxylation is 1. The molecule has 0 heterocycles. The molecule has 0 amide bonds. The van der Waals surface area contributed by atoms with Crippen molar-refractivity contribution >= 4 is 0 Å². The van der Waals surface area contributed by atoms with E-state index in [1.165, 1.54) is 5.56 Å². The van der Waals surface area contributed by atoms with Crippen LogP contribution >= 0.6 is 0 Å². The first kappa shape index (κ1) is 7.25. The molecule has 0 aliphatic carbocycles. The Kier molecular flexibility index (Phi) is 2.42. The number of benzene rings is 1. The third-order valence-corrected chi connectivity index (χ3v) is 1.35. The molecular weight excluding hydrogens is 128 g/mol. The van der Waals surface area contributed by atoms with Gasteiger partial charge in [-0.2, -0.15) is 0 Å². The monoisotopic (exact) mass is 138 g/mol. The van der Waals surface area contributed by atoms with E-state index < -0.39 is 0 Å². The maximum Gasteiger partial charge on any atom is 0.107 e. The molecule has 0 saturated carbocycles. The second-order valence-electron chi connectivity index (χ2n) is 2.26. The lowest BCUT2D eigenvalue weighted by Crippen LogP contribution is -1.86. The van der Waals surface area contributed by atoms with Crippen molar-refractivity contribution in [3.8, 4) is 0 Å². The summed E-state index contributed by atoms with van der Waals surface area (Å²) in [7, 11) is 0. The van der Waals surface area contributed by atoms with Crippen LogP contribution < -0.4 is 0 Å². The quantitative estimate of drug-likeness (QED) is 0.500. The van der Waals surface area contributed by atoms with Gasteiger partial charge in [0.1, 0.15) is 6.61 Å². The zero-order valence-electron chi connectivity index (χ0n) is 5.87. The Morgan fingerprint density at radius 1 is 1.30 bits per heavy atom. The summed E-state index contributed by atoms with van der Waals surface area (Å²) in [5, 5.41) is 8.09. The first-order valence-corrected chi connectivity index (χ1v) is 3.15. The van der Waals surface area contributed by atoms with Crippen LogP contribution in [0.1, 0.15) is 11.1 Å². The van der Waals surface area contributed by atoms with Gasteiger partial charge in [-0.3, -0.25) is 5.26 Å². The van der Waals surface area contributed by atoms with E-state index in [1.807, 2.05) is 31.2 Å². The summed E-state index contributed by atoms with van der Waals surface area (Å²) in [4.78, 5) is 3.97. The summed E-state index contributed by atoms with van der Waals surface area (Å²) in [6.45, 7) is 2.28. The second kappa shape index (κ2) is 3.34. The van der Waals surface area contributed by atoms with E-state index in [4.69, 9.17) is 5.26 Å². The molecule has 0 fully saturated rings. The summed E-state index contributed by atoms with van der Waals surface area (Å²) >= 11 is 0. The van der Waals surface area contributed by atoms with Crippen LogP contribution in [0, 0.1) is 6.92 Å². The lowest BCUT2D eigenvalue weighted by molar-refractivity contribution is -0.253. The molecule has 0 atom stereocenters. The highest BCUT2D eigenvalue weighted by atomic mass is 17.1. The molecule has 0 spiro atoms. The van der Waals surface area contributed by atoms with Crippen molar-refractivity contribution in [3.05, 3.63) is 35.4 Å². The fourth-order valence-electron chi connectivity index (χ4n) is 0.759. The van der Waals surface area contributed by atoms with Crippen molar-refractivity contribution < 1.29 is 10.1 Å². The molecule has 2 nitrogen and oxygen atoms in total. The van der Waals surface area contributed by atoms with Gasteiger partial charge < -0.3 is 0 Å². The topological polar surface area (TPSA) is 29.5 Å². The molecule has 0 radical (unpaired) electrons. The van der Waals surface area contributed by atoms with Gasteiger partial charge in [-0.1, -0.05) is 29.8 Å². The molecule has 0 bridgehead atoms. The maximum absolute atomic E-state index is 8.09. The zero-order chi connectivity index (χ0) is 7.40. The highest BCUT2D eigenvalue weighted by Crippen LogP contribution is 2.03. The minimum atomic E-state index is 0.264. The van der Waals surface area contributed by atoms with Crippen LogP contribution in [0.15, 0.2) is 24.3 Å². The van der Waals surface area contributed by atoms with E-state index in [2.05, 4.69) is 4.89 Å². The summed E-state index contributed by atoms with van der Waals surface area (Å²) in [5.74, 6) is 0. The van der Waals surface area contributed by atoms with Gasteiger partial charge in [0.15, 0.2) is 0 Å². The van der Waals surface area contributed by atoms with E-state index in [1.54, 1.807) is 0 Å². The molecule has 1 N–H and O–H groups in total. The highest BCUT2D eigenvalue weighted by Gasteiger charge is 1.89. The third kappa shape index (κ3) is 1.83. The smallest absolute Gasteiger partial charge is 0.107 e. The first-order chi connectivity index (χ1) is 4.83. The Labute approximate surface area is 60.0 Å². The highest BCUT2D eigenvalue weighted by molar-refractivity contribution is 5.20. The fourth-order valence-corrected chi connectivity index (χ4v) is 0.759. The van der Waals surface area contributed by atoms with Crippen molar-refractivity contribution in [2.75, 3.05) is 0 Å². The molecule has 0 aromatic heterocycles. The normalized spacial score (nSPS) is 9.80. The van der Waals surface area contributed by atoms with E-state index in [0.29, 0.717) is 0 Å². The van der Waals surface area contributed by atoms with Crippen molar-refractivity contribution in [2.45, 2.75) is 13.5 Å². The Morgan fingerprint density at radius 2 is 1.90 bits per heavy atom. The third-order valence-electron chi connectivity index (χ3n) is 1.35. The molecule has 0 saturated heterocycles. The van der Waals surface area contributed by atoms with Gasteiger partial charge >= 0.3 is 0 Å². The van der Waals surface area contributed by atoms with Crippen LogP contribution in [0.3, 0.4) is 0 Å². The van der Waals surface area contributed by atoms with Crippen LogP contribution in [-0.4, -0.2) is 5.26 Å². The summed E-state index contributed by atoms with van der Waals surface area (Å²) < 4.78 is 0. The van der Waals surface area contributed by atoms with E-state index in [0.717, 1.165) is 5.56 Å². The SMILES string of the molecule is Cc1ccc(COO)cc1. The Morgan fingerprint density at radius 3 is 2.40 bits per heavy atom. The van der Waals surface area contributed by atoms with Gasteiger partial charge in [0, 0.05) is 0 Å². The van der Waals surface area contributed by atoms with Crippen LogP contribution in [0.4, 0.5) is 0 Å². The van der Waals surface area contributed by atoms with E-state index in [-0.39, 0.29) is 6.61 Å². The first-order valence-electron chi connectivity index (χ1n) is 3.15. The Hall–Kier alpha value is -0.860. The zero-order valence-corrected chi connectivity index (χ0v) is 5.87. The largest absolute Gasteiger partial charge is 0.251 e. The second-order valence-corrected chi connectivity index (χ2v) is 2.26. The van der Waals surface area contributed by atoms with E-state index >= 15 is 0 Å². The van der Waals surface area contributed by atoms with Crippen molar-refractivity contribution in [1.82, 2.24) is 0 Å². The van der Waals surface area contributed by atoms with Crippen LogP contribution in [0.25, 0.3) is 0 Å². The number of hydrogen-bond donors (Lipinski definition) is 1. The van der Waals surface area contributed by atoms with Crippen molar-refractivity contribution in [2.24, 2.45) is 0 Å². The molecule has 0 aliphatic rings. The molecule has 2 heteroatoms. The summed E-state index contributed by atoms with van der Waals surface area (Å²) in [5.41, 5.74) is 2.19. The average Bonchev–Trinajstić information content (AvgIpc) is 1.95. The van der Waals surface area contributed by atoms with Gasteiger partial charge in [0.2, 0.25) is 0 Å². The average molecular weight is 138 g/mol. The van der Waals surface area contributed by atoms with Gasteiger partial charge in [0.05, 0.1) is 0 Å². The lowest BCUT2D eigenvalue weighted by Gasteiger charge is -1.96. The summed E-state index contributed by atoms with van der Waals surface area (Å²) in [6, 6.07) is 7.81. The summed E-state index contributed by atoms with van der Waals surface area (Å²) in [6.07, 6.45) is 0. The molecule has 1 aromatic rings. The minimum absolute atomic E-state index is 0.264. The Balaban J connectivity index is 2.69. The molecule has 0 aliphatic heterocycles. The lowest BCUT2D eigenvalue weighted by atomic mass is 10.2. The molecule has 54 valence electrons. The van der Waals surface area contributed by atoms with E-state index in [9.17, 15) is 0 Å². The van der Waals surface area contributed by atoms with Crippen LogP contribution in [0.5, 0.6) is 0 Å². The predicted octanol–water partition coefficient (Wildman–Crippen LogP) is 1.98. The maximum atomic E-state index is 8.09. The van der Waals surface area contributed by atoms with Gasteiger partial charge in [-0.25, -0.2) is 4.89 Å². The van der Waals surface area contributed by atoms with Gasteiger partial charge in [-0.15, -0.1) is 0 Å². The fraction of sp³-hybridized carbons (Fsp3) is 0.250. The molecule has 0 unspecified atom stereocenters. The molecule has 1 rings (SSSR count).